The lowest BCUT2D eigenvalue weighted by atomic mass is 10.2. The van der Waals surface area contributed by atoms with E-state index >= 15 is 0 Å². The summed E-state index contributed by atoms with van der Waals surface area (Å²) in [6.07, 6.45) is 1.50. The van der Waals surface area contributed by atoms with Gasteiger partial charge in [-0.3, -0.25) is 4.72 Å². The largest absolute Gasteiger partial charge is 0.355 e. The molecule has 0 saturated carbocycles. The number of aromatic amines is 1. The minimum absolute atomic E-state index is 0.170. The highest BCUT2D eigenvalue weighted by Crippen LogP contribution is 2.31. The molecule has 9 nitrogen and oxygen atoms in total. The second kappa shape index (κ2) is 6.11. The Morgan fingerprint density at radius 1 is 1.16 bits per heavy atom. The average Bonchev–Trinajstić information content (AvgIpc) is 3.35. The maximum atomic E-state index is 12.6. The molecule has 1 aromatic carbocycles. The van der Waals surface area contributed by atoms with E-state index in [1.54, 1.807) is 36.4 Å². The number of tetrazole rings is 1. The Balaban J connectivity index is 1.61. The van der Waals surface area contributed by atoms with E-state index in [2.05, 4.69) is 30.5 Å². The minimum Gasteiger partial charge on any atom is -0.355 e. The second-order valence-corrected chi connectivity index (χ2v) is 7.91. The zero-order chi connectivity index (χ0) is 17.3. The van der Waals surface area contributed by atoms with Crippen LogP contribution < -0.4 is 4.72 Å². The van der Waals surface area contributed by atoms with E-state index in [0.717, 1.165) is 11.3 Å². The summed E-state index contributed by atoms with van der Waals surface area (Å²) in [5.41, 5.74) is 1.04. The molecule has 25 heavy (non-hydrogen) atoms. The molecule has 4 aromatic rings. The van der Waals surface area contributed by atoms with Gasteiger partial charge in [0.2, 0.25) is 5.82 Å². The summed E-state index contributed by atoms with van der Waals surface area (Å²) in [6.45, 7) is 0. The molecule has 4 rings (SSSR count). The Morgan fingerprint density at radius 2 is 2.08 bits per heavy atom. The molecule has 0 aliphatic rings. The van der Waals surface area contributed by atoms with Crippen molar-refractivity contribution in [2.75, 3.05) is 4.72 Å². The minimum atomic E-state index is -3.73. The molecule has 11 heteroatoms. The average molecular weight is 374 g/mol. The van der Waals surface area contributed by atoms with Crippen LogP contribution in [0.3, 0.4) is 0 Å². The lowest BCUT2D eigenvalue weighted by Crippen LogP contribution is -2.11. The van der Waals surface area contributed by atoms with Gasteiger partial charge in [-0.05, 0) is 29.5 Å². The van der Waals surface area contributed by atoms with E-state index < -0.39 is 10.0 Å². The number of hydrogen-bond donors (Lipinski definition) is 2. The first-order chi connectivity index (χ1) is 12.1. The molecular formula is C14H10N6O3S2. The van der Waals surface area contributed by atoms with Crippen LogP contribution in [-0.4, -0.2) is 34.2 Å². The third-order valence-electron chi connectivity index (χ3n) is 3.25. The number of rotatable bonds is 5. The van der Waals surface area contributed by atoms with Crippen molar-refractivity contribution < 1.29 is 12.9 Å². The van der Waals surface area contributed by atoms with Gasteiger partial charge in [0.15, 0.2) is 5.76 Å². The smallest absolute Gasteiger partial charge is 0.271 e. The van der Waals surface area contributed by atoms with E-state index in [1.807, 2.05) is 0 Å². The topological polar surface area (TPSA) is 127 Å². The van der Waals surface area contributed by atoms with Gasteiger partial charge in [0.1, 0.15) is 4.21 Å². The van der Waals surface area contributed by atoms with Crippen LogP contribution in [-0.2, 0) is 10.0 Å². The number of aromatic nitrogens is 5. The fraction of sp³-hybridized carbons (Fsp3) is 0. The molecule has 0 spiro atoms. The van der Waals surface area contributed by atoms with E-state index in [0.29, 0.717) is 27.7 Å². The van der Waals surface area contributed by atoms with Crippen molar-refractivity contribution in [2.45, 2.75) is 4.21 Å². The second-order valence-electron chi connectivity index (χ2n) is 4.92. The van der Waals surface area contributed by atoms with E-state index in [-0.39, 0.29) is 4.21 Å². The Morgan fingerprint density at radius 3 is 2.84 bits per heavy atom. The number of anilines is 1. The van der Waals surface area contributed by atoms with Crippen LogP contribution in [0.4, 0.5) is 5.69 Å². The molecular weight excluding hydrogens is 364 g/mol. The molecule has 3 aromatic heterocycles. The fourth-order valence-corrected chi connectivity index (χ4v) is 4.46. The molecule has 0 radical (unpaired) electrons. The van der Waals surface area contributed by atoms with Crippen LogP contribution in [0.1, 0.15) is 0 Å². The van der Waals surface area contributed by atoms with E-state index in [4.69, 9.17) is 4.52 Å². The normalized spacial score (nSPS) is 11.5. The summed E-state index contributed by atoms with van der Waals surface area (Å²) >= 11 is 1.09. The Labute approximate surface area is 145 Å². The molecule has 0 amide bonds. The van der Waals surface area contributed by atoms with Crippen molar-refractivity contribution in [1.82, 2.24) is 25.8 Å². The van der Waals surface area contributed by atoms with Crippen LogP contribution in [0.5, 0.6) is 0 Å². The predicted molar refractivity (Wildman–Crippen MR) is 90.2 cm³/mol. The van der Waals surface area contributed by atoms with Crippen molar-refractivity contribution in [3.05, 3.63) is 48.7 Å². The number of benzene rings is 1. The SMILES string of the molecule is O=S(=O)(Nc1cccc(-c2nn[nH]n2)c1)c1ccc(-c2ccno2)s1. The number of H-pyrrole nitrogens is 1. The number of nitrogens with zero attached hydrogens (tertiary/aromatic N) is 4. The van der Waals surface area contributed by atoms with Gasteiger partial charge in [-0.1, -0.05) is 17.3 Å². The zero-order valence-corrected chi connectivity index (χ0v) is 14.1. The van der Waals surface area contributed by atoms with Crippen LogP contribution in [0.2, 0.25) is 0 Å². The Bertz CT molecular complexity index is 1090. The third-order valence-corrected chi connectivity index (χ3v) is 6.22. The number of nitrogens with one attached hydrogen (secondary N) is 2. The highest BCUT2D eigenvalue weighted by molar-refractivity contribution is 7.94. The maximum Gasteiger partial charge on any atom is 0.271 e. The lowest BCUT2D eigenvalue weighted by Gasteiger charge is -2.07. The molecule has 0 aliphatic carbocycles. The van der Waals surface area contributed by atoms with Gasteiger partial charge in [0.05, 0.1) is 11.1 Å². The standard InChI is InChI=1S/C14H10N6O3S2/c21-25(22,13-5-4-12(24-13)11-6-7-15-23-11)18-10-3-1-2-9(8-10)14-16-19-20-17-14/h1-8,18H,(H,16,17,19,20). The first-order valence-corrected chi connectivity index (χ1v) is 9.29. The summed E-state index contributed by atoms with van der Waals surface area (Å²) < 4.78 is 32.9. The summed E-state index contributed by atoms with van der Waals surface area (Å²) in [5.74, 6) is 0.898. The maximum absolute atomic E-state index is 12.6. The predicted octanol–water partition coefficient (Wildman–Crippen LogP) is 2.38. The van der Waals surface area contributed by atoms with E-state index in [9.17, 15) is 8.42 Å². The molecule has 0 bridgehead atoms. The van der Waals surface area contributed by atoms with Gasteiger partial charge < -0.3 is 4.52 Å². The molecule has 0 fully saturated rings. The summed E-state index contributed by atoms with van der Waals surface area (Å²) in [6, 6.07) is 11.6. The number of sulfonamides is 1. The highest BCUT2D eigenvalue weighted by atomic mass is 32.2. The number of thiophene rings is 1. The Kier molecular flexibility index (Phi) is 3.78. The summed E-state index contributed by atoms with van der Waals surface area (Å²) in [4.78, 5) is 0.679. The summed E-state index contributed by atoms with van der Waals surface area (Å²) in [7, 11) is -3.73. The van der Waals surface area contributed by atoms with Gasteiger partial charge in [-0.25, -0.2) is 8.42 Å². The quantitative estimate of drug-likeness (QED) is 0.549. The summed E-state index contributed by atoms with van der Waals surface area (Å²) in [5, 5.41) is 17.2. The van der Waals surface area contributed by atoms with Gasteiger partial charge in [0, 0.05) is 17.3 Å². The number of hydrogen-bond acceptors (Lipinski definition) is 8. The lowest BCUT2D eigenvalue weighted by molar-refractivity contribution is 0.433. The molecule has 0 aliphatic heterocycles. The molecule has 0 unspecified atom stereocenters. The van der Waals surface area contributed by atoms with Crippen molar-refractivity contribution in [2.24, 2.45) is 0 Å². The first kappa shape index (κ1) is 15.5. The molecule has 3 heterocycles. The van der Waals surface area contributed by atoms with Crippen molar-refractivity contribution in [1.29, 1.82) is 0 Å². The van der Waals surface area contributed by atoms with Gasteiger partial charge in [-0.15, -0.1) is 21.5 Å². The Hall–Kier alpha value is -3.05. The van der Waals surface area contributed by atoms with Crippen molar-refractivity contribution in [3.63, 3.8) is 0 Å². The third kappa shape index (κ3) is 3.14. The molecule has 0 atom stereocenters. The van der Waals surface area contributed by atoms with Crippen LogP contribution in [0.25, 0.3) is 22.0 Å². The van der Waals surface area contributed by atoms with Crippen LogP contribution in [0.15, 0.2) is 57.4 Å². The van der Waals surface area contributed by atoms with Crippen molar-refractivity contribution >= 4 is 27.0 Å². The molecule has 0 saturated heterocycles. The molecule has 2 N–H and O–H groups in total. The van der Waals surface area contributed by atoms with Crippen molar-refractivity contribution in [3.8, 4) is 22.0 Å². The van der Waals surface area contributed by atoms with Crippen LogP contribution >= 0.6 is 11.3 Å². The van der Waals surface area contributed by atoms with Gasteiger partial charge in [0.25, 0.3) is 10.0 Å². The van der Waals surface area contributed by atoms with E-state index in [1.165, 1.54) is 12.3 Å². The van der Waals surface area contributed by atoms with Crippen LogP contribution in [0, 0.1) is 0 Å². The zero-order valence-electron chi connectivity index (χ0n) is 12.4. The highest BCUT2D eigenvalue weighted by Gasteiger charge is 2.19. The van der Waals surface area contributed by atoms with Gasteiger partial charge >= 0.3 is 0 Å². The monoisotopic (exact) mass is 374 g/mol. The first-order valence-electron chi connectivity index (χ1n) is 6.99. The van der Waals surface area contributed by atoms with Gasteiger partial charge in [-0.2, -0.15) is 5.21 Å². The molecule has 126 valence electrons. The fourth-order valence-electron chi connectivity index (χ4n) is 2.15.